The molecular weight excluding hydrogens is 366 g/mol. The molecule has 6 heteroatoms. The van der Waals surface area contributed by atoms with Gasteiger partial charge in [-0.15, -0.1) is 0 Å². The van der Waals surface area contributed by atoms with E-state index in [0.29, 0.717) is 31.8 Å². The van der Waals surface area contributed by atoms with Gasteiger partial charge in [-0.05, 0) is 55.0 Å². The average Bonchev–Trinajstić information content (AvgIpc) is 3.18. The summed E-state index contributed by atoms with van der Waals surface area (Å²) >= 11 is 0. The van der Waals surface area contributed by atoms with Crippen molar-refractivity contribution in [3.63, 3.8) is 0 Å². The SMILES string of the molecule is CCOc1ccc(N2CCN(C(=O)c3cc4cc(CC=O)ccc4[nH]3)CC2)cc1. The van der Waals surface area contributed by atoms with Crippen LogP contribution >= 0.6 is 0 Å². The van der Waals surface area contributed by atoms with Crippen molar-refractivity contribution in [3.8, 4) is 5.75 Å². The largest absolute Gasteiger partial charge is 0.494 e. The number of nitrogens with zero attached hydrogens (tertiary/aromatic N) is 2. The molecule has 2 heterocycles. The number of fused-ring (bicyclic) bond motifs is 1. The molecule has 0 bridgehead atoms. The molecule has 4 rings (SSSR count). The van der Waals surface area contributed by atoms with Gasteiger partial charge in [0.2, 0.25) is 0 Å². The highest BCUT2D eigenvalue weighted by Crippen LogP contribution is 2.22. The third-order valence-corrected chi connectivity index (χ3v) is 5.31. The lowest BCUT2D eigenvalue weighted by atomic mass is 10.1. The highest BCUT2D eigenvalue weighted by molar-refractivity contribution is 5.98. The van der Waals surface area contributed by atoms with E-state index < -0.39 is 0 Å². The summed E-state index contributed by atoms with van der Waals surface area (Å²) in [6.07, 6.45) is 1.28. The maximum absolute atomic E-state index is 12.9. The van der Waals surface area contributed by atoms with Crippen LogP contribution in [-0.4, -0.2) is 54.9 Å². The molecule has 1 fully saturated rings. The molecule has 1 aromatic heterocycles. The number of amides is 1. The molecule has 6 nitrogen and oxygen atoms in total. The average molecular weight is 391 g/mol. The number of anilines is 1. The number of piperazine rings is 1. The molecule has 0 radical (unpaired) electrons. The molecular formula is C23H25N3O3. The Morgan fingerprint density at radius 1 is 1.07 bits per heavy atom. The van der Waals surface area contributed by atoms with Crippen LogP contribution in [0.5, 0.6) is 5.75 Å². The maximum Gasteiger partial charge on any atom is 0.270 e. The van der Waals surface area contributed by atoms with E-state index in [0.717, 1.165) is 47.3 Å². The Labute approximate surface area is 170 Å². The summed E-state index contributed by atoms with van der Waals surface area (Å²) < 4.78 is 5.50. The Bertz CT molecular complexity index is 1000. The zero-order chi connectivity index (χ0) is 20.2. The summed E-state index contributed by atoms with van der Waals surface area (Å²) in [5.74, 6) is 0.893. The number of hydrogen-bond acceptors (Lipinski definition) is 4. The van der Waals surface area contributed by atoms with Crippen LogP contribution in [0.15, 0.2) is 48.5 Å². The zero-order valence-corrected chi connectivity index (χ0v) is 16.6. The Morgan fingerprint density at radius 3 is 2.52 bits per heavy atom. The molecule has 29 heavy (non-hydrogen) atoms. The van der Waals surface area contributed by atoms with Crippen molar-refractivity contribution in [2.45, 2.75) is 13.3 Å². The first kappa shape index (κ1) is 19.1. The molecule has 150 valence electrons. The van der Waals surface area contributed by atoms with Gasteiger partial charge in [0.15, 0.2) is 0 Å². The Hall–Kier alpha value is -3.28. The molecule has 0 aliphatic carbocycles. The highest BCUT2D eigenvalue weighted by Gasteiger charge is 2.23. The third-order valence-electron chi connectivity index (χ3n) is 5.31. The molecule has 1 aliphatic heterocycles. The second-order valence-electron chi connectivity index (χ2n) is 7.18. The molecule has 3 aromatic rings. The van der Waals surface area contributed by atoms with Gasteiger partial charge in [-0.25, -0.2) is 0 Å². The van der Waals surface area contributed by atoms with Gasteiger partial charge in [0.1, 0.15) is 17.7 Å². The van der Waals surface area contributed by atoms with Gasteiger partial charge in [0.25, 0.3) is 5.91 Å². The summed E-state index contributed by atoms with van der Waals surface area (Å²) in [5.41, 5.74) is 3.61. The number of ether oxygens (including phenoxy) is 1. The first-order valence-corrected chi connectivity index (χ1v) is 10.0. The lowest BCUT2D eigenvalue weighted by molar-refractivity contribution is -0.107. The zero-order valence-electron chi connectivity index (χ0n) is 16.6. The number of aromatic amines is 1. The fourth-order valence-corrected chi connectivity index (χ4v) is 3.78. The quantitative estimate of drug-likeness (QED) is 0.655. The first-order valence-electron chi connectivity index (χ1n) is 10.0. The van der Waals surface area contributed by atoms with Crippen LogP contribution in [0.2, 0.25) is 0 Å². The number of carbonyl (C=O) groups is 2. The number of benzene rings is 2. The topological polar surface area (TPSA) is 65.6 Å². The van der Waals surface area contributed by atoms with Crippen molar-refractivity contribution in [2.24, 2.45) is 0 Å². The van der Waals surface area contributed by atoms with E-state index >= 15 is 0 Å². The minimum Gasteiger partial charge on any atom is -0.494 e. The normalized spacial score (nSPS) is 14.2. The number of hydrogen-bond donors (Lipinski definition) is 1. The van der Waals surface area contributed by atoms with Crippen LogP contribution in [0.1, 0.15) is 23.0 Å². The fourth-order valence-electron chi connectivity index (χ4n) is 3.78. The number of H-pyrrole nitrogens is 1. The summed E-state index contributed by atoms with van der Waals surface area (Å²) in [6.45, 7) is 5.58. The van der Waals surface area contributed by atoms with Crippen LogP contribution < -0.4 is 9.64 Å². The Kier molecular flexibility index (Phi) is 5.51. The van der Waals surface area contributed by atoms with Crippen molar-refractivity contribution in [1.82, 2.24) is 9.88 Å². The van der Waals surface area contributed by atoms with Crippen LogP contribution in [0, 0.1) is 0 Å². The van der Waals surface area contributed by atoms with Crippen LogP contribution in [-0.2, 0) is 11.2 Å². The number of nitrogens with one attached hydrogen (secondary N) is 1. The van der Waals surface area contributed by atoms with Crippen LogP contribution in [0.4, 0.5) is 5.69 Å². The molecule has 0 atom stereocenters. The van der Waals surface area contributed by atoms with Gasteiger partial charge in [0.05, 0.1) is 6.61 Å². The summed E-state index contributed by atoms with van der Waals surface area (Å²) in [7, 11) is 0. The van der Waals surface area contributed by atoms with Crippen molar-refractivity contribution >= 4 is 28.8 Å². The summed E-state index contributed by atoms with van der Waals surface area (Å²) in [5, 5.41) is 0.959. The molecule has 0 unspecified atom stereocenters. The van der Waals surface area contributed by atoms with Crippen LogP contribution in [0.25, 0.3) is 10.9 Å². The second kappa shape index (κ2) is 8.39. The third kappa shape index (κ3) is 4.11. The van der Waals surface area contributed by atoms with Crippen molar-refractivity contribution < 1.29 is 14.3 Å². The van der Waals surface area contributed by atoms with Gasteiger partial charge in [0, 0.05) is 49.2 Å². The van der Waals surface area contributed by atoms with E-state index in [4.69, 9.17) is 4.74 Å². The minimum atomic E-state index is 0.0180. The van der Waals surface area contributed by atoms with E-state index in [-0.39, 0.29) is 5.91 Å². The van der Waals surface area contributed by atoms with Gasteiger partial charge in [-0.1, -0.05) is 6.07 Å². The summed E-state index contributed by atoms with van der Waals surface area (Å²) in [4.78, 5) is 31.1. The van der Waals surface area contributed by atoms with Crippen LogP contribution in [0.3, 0.4) is 0 Å². The van der Waals surface area contributed by atoms with Gasteiger partial charge < -0.3 is 24.3 Å². The molecule has 1 aliphatic rings. The Balaban J connectivity index is 1.40. The number of carbonyl (C=O) groups excluding carboxylic acids is 2. The highest BCUT2D eigenvalue weighted by atomic mass is 16.5. The Morgan fingerprint density at radius 2 is 1.83 bits per heavy atom. The molecule has 1 N–H and O–H groups in total. The molecule has 0 saturated carbocycles. The monoisotopic (exact) mass is 391 g/mol. The number of aromatic nitrogens is 1. The van der Waals surface area contributed by atoms with E-state index in [2.05, 4.69) is 22.0 Å². The van der Waals surface area contributed by atoms with E-state index in [9.17, 15) is 9.59 Å². The lowest BCUT2D eigenvalue weighted by Gasteiger charge is -2.36. The van der Waals surface area contributed by atoms with Gasteiger partial charge in [-0.3, -0.25) is 4.79 Å². The molecule has 1 amide bonds. The first-order chi connectivity index (χ1) is 14.2. The molecule has 2 aromatic carbocycles. The van der Waals surface area contributed by atoms with Crippen molar-refractivity contribution in [1.29, 1.82) is 0 Å². The van der Waals surface area contributed by atoms with E-state index in [1.807, 2.05) is 48.2 Å². The predicted octanol–water partition coefficient (Wildman–Crippen LogP) is 3.27. The smallest absolute Gasteiger partial charge is 0.270 e. The van der Waals surface area contributed by atoms with E-state index in [1.165, 1.54) is 0 Å². The van der Waals surface area contributed by atoms with E-state index in [1.54, 1.807) is 0 Å². The summed E-state index contributed by atoms with van der Waals surface area (Å²) in [6, 6.07) is 15.8. The second-order valence-corrected chi connectivity index (χ2v) is 7.18. The fraction of sp³-hybridized carbons (Fsp3) is 0.304. The van der Waals surface area contributed by atoms with Gasteiger partial charge >= 0.3 is 0 Å². The van der Waals surface area contributed by atoms with Crippen molar-refractivity contribution in [2.75, 3.05) is 37.7 Å². The molecule has 0 spiro atoms. The number of aldehydes is 1. The molecule has 1 saturated heterocycles. The minimum absolute atomic E-state index is 0.0180. The van der Waals surface area contributed by atoms with Gasteiger partial charge in [-0.2, -0.15) is 0 Å². The lowest BCUT2D eigenvalue weighted by Crippen LogP contribution is -2.48. The number of rotatable bonds is 6. The van der Waals surface area contributed by atoms with Crippen molar-refractivity contribution in [3.05, 3.63) is 59.8 Å². The standard InChI is InChI=1S/C23H25N3O3/c1-2-29-20-6-4-19(5-7-20)25-10-12-26(13-11-25)23(28)22-16-18-15-17(9-14-27)3-8-21(18)24-22/h3-8,14-16,24H,2,9-13H2,1H3. The predicted molar refractivity (Wildman–Crippen MR) is 114 cm³/mol. The maximum atomic E-state index is 12.9.